The predicted octanol–water partition coefficient (Wildman–Crippen LogP) is 2.79. The number of thiazole rings is 1. The summed E-state index contributed by atoms with van der Waals surface area (Å²) in [5.41, 5.74) is 1.60. The van der Waals surface area contributed by atoms with E-state index < -0.39 is 0 Å². The minimum Gasteiger partial charge on any atom is -0.340 e. The molecule has 4 rings (SSSR count). The molecule has 6 nitrogen and oxygen atoms in total. The third-order valence-corrected chi connectivity index (χ3v) is 6.78. The van der Waals surface area contributed by atoms with Crippen molar-refractivity contribution < 1.29 is 14.0 Å². The molecule has 0 radical (unpaired) electrons. The van der Waals surface area contributed by atoms with Gasteiger partial charge in [-0.1, -0.05) is 0 Å². The Kier molecular flexibility index (Phi) is 6.43. The van der Waals surface area contributed by atoms with Crippen LogP contribution in [0.2, 0.25) is 0 Å². The number of amides is 2. The maximum atomic E-state index is 13.1. The fraction of sp³-hybridized carbons (Fsp3) is 0.500. The fourth-order valence-electron chi connectivity index (χ4n) is 4.20. The average Bonchev–Trinajstić information content (AvgIpc) is 3.18. The highest BCUT2D eigenvalue weighted by Gasteiger charge is 2.32. The molecule has 0 N–H and O–H groups in total. The summed E-state index contributed by atoms with van der Waals surface area (Å²) in [7, 11) is 0. The molecule has 1 aromatic carbocycles. The molecule has 0 saturated carbocycles. The van der Waals surface area contributed by atoms with E-state index in [0.717, 1.165) is 43.4 Å². The first kappa shape index (κ1) is 20.9. The fourth-order valence-corrected chi connectivity index (χ4v) is 4.80. The highest BCUT2D eigenvalue weighted by Crippen LogP contribution is 2.22. The quantitative estimate of drug-likeness (QED) is 0.749. The number of rotatable bonds is 4. The van der Waals surface area contributed by atoms with Gasteiger partial charge >= 0.3 is 0 Å². The number of hydrogen-bond donors (Lipinski definition) is 0. The molecule has 0 atom stereocenters. The van der Waals surface area contributed by atoms with E-state index in [1.165, 1.54) is 24.3 Å². The van der Waals surface area contributed by atoms with Crippen molar-refractivity contribution in [3.05, 3.63) is 51.7 Å². The van der Waals surface area contributed by atoms with Crippen LogP contribution >= 0.6 is 11.3 Å². The number of carbonyl (C=O) groups is 2. The number of piperidine rings is 1. The van der Waals surface area contributed by atoms with Crippen molar-refractivity contribution in [2.75, 3.05) is 39.3 Å². The van der Waals surface area contributed by atoms with Gasteiger partial charge in [0.2, 0.25) is 5.91 Å². The highest BCUT2D eigenvalue weighted by atomic mass is 32.1. The van der Waals surface area contributed by atoms with E-state index in [4.69, 9.17) is 0 Å². The van der Waals surface area contributed by atoms with Crippen molar-refractivity contribution in [2.45, 2.75) is 26.3 Å². The zero-order chi connectivity index (χ0) is 21.1. The third kappa shape index (κ3) is 4.87. The Labute approximate surface area is 180 Å². The molecule has 8 heteroatoms. The van der Waals surface area contributed by atoms with Crippen molar-refractivity contribution in [2.24, 2.45) is 5.92 Å². The van der Waals surface area contributed by atoms with Gasteiger partial charge in [-0.15, -0.1) is 11.3 Å². The van der Waals surface area contributed by atoms with Crippen LogP contribution in [0.15, 0.2) is 29.6 Å². The number of aryl methyl sites for hydroxylation is 1. The first-order valence-electron chi connectivity index (χ1n) is 10.5. The Balaban J connectivity index is 1.23. The van der Waals surface area contributed by atoms with Crippen LogP contribution in [0.5, 0.6) is 0 Å². The second-order valence-corrected chi connectivity index (χ2v) is 9.09. The Bertz CT molecular complexity index is 885. The SMILES string of the molecule is Cc1nc(CN2CCN(C(=O)C3CCN(C(=O)c4ccc(F)cc4)CC3)CC2)cs1. The van der Waals surface area contributed by atoms with Gasteiger partial charge in [0.25, 0.3) is 5.91 Å². The summed E-state index contributed by atoms with van der Waals surface area (Å²) in [6.07, 6.45) is 1.37. The Morgan fingerprint density at radius 1 is 1.03 bits per heavy atom. The molecular formula is C22H27FN4O2S. The molecule has 3 heterocycles. The summed E-state index contributed by atoms with van der Waals surface area (Å²) in [6, 6.07) is 5.64. The van der Waals surface area contributed by atoms with Crippen LogP contribution in [-0.4, -0.2) is 70.8 Å². The van der Waals surface area contributed by atoms with Gasteiger partial charge < -0.3 is 9.80 Å². The van der Waals surface area contributed by atoms with Crippen molar-refractivity contribution >= 4 is 23.2 Å². The van der Waals surface area contributed by atoms with E-state index >= 15 is 0 Å². The summed E-state index contributed by atoms with van der Waals surface area (Å²) >= 11 is 1.67. The average molecular weight is 431 g/mol. The summed E-state index contributed by atoms with van der Waals surface area (Å²) in [5, 5.41) is 3.19. The van der Waals surface area contributed by atoms with E-state index in [1.54, 1.807) is 16.2 Å². The normalized spacial score (nSPS) is 18.6. The highest BCUT2D eigenvalue weighted by molar-refractivity contribution is 7.09. The lowest BCUT2D eigenvalue weighted by atomic mass is 9.94. The molecule has 2 aromatic rings. The molecule has 0 spiro atoms. The van der Waals surface area contributed by atoms with Crippen molar-refractivity contribution in [3.8, 4) is 0 Å². The first-order chi connectivity index (χ1) is 14.5. The molecule has 2 saturated heterocycles. The van der Waals surface area contributed by atoms with Gasteiger partial charge in [0.1, 0.15) is 5.82 Å². The minimum atomic E-state index is -0.349. The molecule has 30 heavy (non-hydrogen) atoms. The van der Waals surface area contributed by atoms with Crippen LogP contribution < -0.4 is 0 Å². The number of benzene rings is 1. The van der Waals surface area contributed by atoms with Gasteiger partial charge in [-0.3, -0.25) is 14.5 Å². The van der Waals surface area contributed by atoms with Crippen molar-refractivity contribution in [1.29, 1.82) is 0 Å². The predicted molar refractivity (Wildman–Crippen MR) is 114 cm³/mol. The van der Waals surface area contributed by atoms with Crippen molar-refractivity contribution in [3.63, 3.8) is 0 Å². The number of hydrogen-bond acceptors (Lipinski definition) is 5. The van der Waals surface area contributed by atoms with Crippen LogP contribution in [0.4, 0.5) is 4.39 Å². The van der Waals surface area contributed by atoms with Gasteiger partial charge in [0, 0.05) is 62.7 Å². The van der Waals surface area contributed by atoms with E-state index in [1.807, 2.05) is 11.8 Å². The summed E-state index contributed by atoms with van der Waals surface area (Å²) in [4.78, 5) is 36.2. The molecule has 2 aliphatic rings. The molecule has 2 fully saturated rings. The van der Waals surface area contributed by atoms with E-state index in [0.29, 0.717) is 31.5 Å². The molecule has 0 unspecified atom stereocenters. The summed E-state index contributed by atoms with van der Waals surface area (Å²) in [5.74, 6) is -0.243. The molecule has 1 aromatic heterocycles. The molecule has 0 aliphatic carbocycles. The lowest BCUT2D eigenvalue weighted by molar-refractivity contribution is -0.138. The first-order valence-corrected chi connectivity index (χ1v) is 11.3. The Morgan fingerprint density at radius 2 is 1.70 bits per heavy atom. The lowest BCUT2D eigenvalue weighted by Gasteiger charge is -2.38. The van der Waals surface area contributed by atoms with Gasteiger partial charge in [-0.2, -0.15) is 0 Å². The van der Waals surface area contributed by atoms with Crippen LogP contribution in [0, 0.1) is 18.7 Å². The molecule has 2 amide bonds. The molecule has 2 aliphatic heterocycles. The van der Waals surface area contributed by atoms with Gasteiger partial charge in [0.15, 0.2) is 0 Å². The summed E-state index contributed by atoms with van der Waals surface area (Å²) < 4.78 is 13.1. The van der Waals surface area contributed by atoms with E-state index in [9.17, 15) is 14.0 Å². The minimum absolute atomic E-state index is 0.0185. The third-order valence-electron chi connectivity index (χ3n) is 5.96. The van der Waals surface area contributed by atoms with Crippen LogP contribution in [-0.2, 0) is 11.3 Å². The van der Waals surface area contributed by atoms with Gasteiger partial charge in [-0.05, 0) is 44.0 Å². The standard InChI is InChI=1S/C22H27FN4O2S/c1-16-24-20(15-30-16)14-25-10-12-27(13-11-25)22(29)18-6-8-26(9-7-18)21(28)17-2-4-19(23)5-3-17/h2-5,15,18H,6-14H2,1H3. The lowest BCUT2D eigenvalue weighted by Crippen LogP contribution is -2.51. The maximum absolute atomic E-state index is 13.1. The van der Waals surface area contributed by atoms with E-state index in [-0.39, 0.29) is 23.5 Å². The Morgan fingerprint density at radius 3 is 2.30 bits per heavy atom. The largest absolute Gasteiger partial charge is 0.340 e. The number of piperazine rings is 1. The van der Waals surface area contributed by atoms with Crippen LogP contribution in [0.25, 0.3) is 0 Å². The zero-order valence-electron chi connectivity index (χ0n) is 17.2. The second kappa shape index (κ2) is 9.22. The van der Waals surface area contributed by atoms with Gasteiger partial charge in [0.05, 0.1) is 10.7 Å². The Hall–Kier alpha value is -2.32. The van der Waals surface area contributed by atoms with Gasteiger partial charge in [-0.25, -0.2) is 9.37 Å². The van der Waals surface area contributed by atoms with Crippen molar-refractivity contribution in [1.82, 2.24) is 19.7 Å². The number of nitrogens with zero attached hydrogens (tertiary/aromatic N) is 4. The molecule has 0 bridgehead atoms. The zero-order valence-corrected chi connectivity index (χ0v) is 18.0. The summed E-state index contributed by atoms with van der Waals surface area (Å²) in [6.45, 7) is 7.22. The second-order valence-electron chi connectivity index (χ2n) is 8.03. The maximum Gasteiger partial charge on any atom is 0.253 e. The monoisotopic (exact) mass is 430 g/mol. The van der Waals surface area contributed by atoms with Crippen LogP contribution in [0.3, 0.4) is 0 Å². The number of likely N-dealkylation sites (tertiary alicyclic amines) is 1. The number of halogens is 1. The van der Waals surface area contributed by atoms with Crippen LogP contribution in [0.1, 0.15) is 33.9 Å². The smallest absolute Gasteiger partial charge is 0.253 e. The number of aromatic nitrogens is 1. The topological polar surface area (TPSA) is 56.8 Å². The number of carbonyl (C=O) groups excluding carboxylic acids is 2. The van der Waals surface area contributed by atoms with E-state index in [2.05, 4.69) is 15.3 Å². The molecule has 160 valence electrons. The molecular weight excluding hydrogens is 403 g/mol.